The smallest absolute Gasteiger partial charge is 0.399 e. The van der Waals surface area contributed by atoms with Gasteiger partial charge in [0.1, 0.15) is 11.6 Å². The number of nitrogen functional groups attached to an aromatic ring is 1. The standard InChI is InChI=1S/C27H32F3N5O2/c1-15(17-9-18(27(28,29)30)11-19(31)10-17)32-26-23-12-24(35-7-8-37-20(13-35)14-36-3)21-5-4-6-22(21)25(23)33-16(2)34-26/h9-12,15,20H,4-8,13-14,31H2,1-3H3,(H,32,33,34)/t15?,20-/m0/s1. The molecule has 1 saturated heterocycles. The highest BCUT2D eigenvalue weighted by Gasteiger charge is 2.32. The van der Waals surface area contributed by atoms with Gasteiger partial charge in [-0.3, -0.25) is 0 Å². The van der Waals surface area contributed by atoms with Crippen molar-refractivity contribution in [3.8, 4) is 0 Å². The second-order valence-corrected chi connectivity index (χ2v) is 9.87. The van der Waals surface area contributed by atoms with Crippen molar-refractivity contribution in [2.45, 2.75) is 51.4 Å². The van der Waals surface area contributed by atoms with Crippen molar-refractivity contribution >= 4 is 28.1 Å². The normalized spacial score (nSPS) is 18.8. The molecular formula is C27H32F3N5O2. The summed E-state index contributed by atoms with van der Waals surface area (Å²) in [6.45, 7) is 6.28. The number of halogens is 3. The van der Waals surface area contributed by atoms with Crippen LogP contribution in [-0.2, 0) is 28.5 Å². The fourth-order valence-corrected chi connectivity index (χ4v) is 5.46. The molecule has 3 N–H and O–H groups in total. The van der Waals surface area contributed by atoms with Crippen LogP contribution in [0.1, 0.15) is 47.5 Å². The minimum atomic E-state index is -4.48. The van der Waals surface area contributed by atoms with Crippen molar-refractivity contribution in [2.75, 3.05) is 49.4 Å². The van der Waals surface area contributed by atoms with E-state index in [0.717, 1.165) is 61.1 Å². The minimum absolute atomic E-state index is 0.00949. The number of rotatable bonds is 6. The van der Waals surface area contributed by atoms with Crippen LogP contribution < -0.4 is 16.0 Å². The lowest BCUT2D eigenvalue weighted by Gasteiger charge is -2.35. The molecule has 1 unspecified atom stereocenters. The zero-order valence-electron chi connectivity index (χ0n) is 21.3. The van der Waals surface area contributed by atoms with E-state index in [4.69, 9.17) is 20.2 Å². The van der Waals surface area contributed by atoms with E-state index in [1.807, 2.05) is 13.8 Å². The van der Waals surface area contributed by atoms with Gasteiger partial charge in [0.2, 0.25) is 0 Å². The molecule has 1 aliphatic carbocycles. The molecule has 5 rings (SSSR count). The van der Waals surface area contributed by atoms with E-state index in [1.165, 1.54) is 11.1 Å². The number of aromatic nitrogens is 2. The maximum absolute atomic E-state index is 13.4. The Labute approximate surface area is 214 Å². The van der Waals surface area contributed by atoms with Crippen molar-refractivity contribution in [2.24, 2.45) is 0 Å². The number of fused-ring (bicyclic) bond motifs is 3. The highest BCUT2D eigenvalue weighted by atomic mass is 19.4. The molecule has 0 bridgehead atoms. The molecule has 37 heavy (non-hydrogen) atoms. The summed E-state index contributed by atoms with van der Waals surface area (Å²) in [6.07, 6.45) is -1.51. The third-order valence-corrected chi connectivity index (χ3v) is 7.14. The van der Waals surface area contributed by atoms with Crippen molar-refractivity contribution < 1.29 is 22.6 Å². The highest BCUT2D eigenvalue weighted by Crippen LogP contribution is 2.40. The van der Waals surface area contributed by atoms with Gasteiger partial charge in [-0.1, -0.05) is 0 Å². The second kappa shape index (κ2) is 9.98. The Morgan fingerprint density at radius 3 is 2.73 bits per heavy atom. The number of nitrogens with two attached hydrogens (primary N) is 1. The molecule has 0 radical (unpaired) electrons. The molecule has 0 spiro atoms. The first-order valence-electron chi connectivity index (χ1n) is 12.6. The van der Waals surface area contributed by atoms with Gasteiger partial charge in [0.25, 0.3) is 0 Å². The summed E-state index contributed by atoms with van der Waals surface area (Å²) >= 11 is 0. The number of morpholine rings is 1. The van der Waals surface area contributed by atoms with Crippen molar-refractivity contribution in [1.29, 1.82) is 0 Å². The van der Waals surface area contributed by atoms with Gasteiger partial charge < -0.3 is 25.4 Å². The quantitative estimate of drug-likeness (QED) is 0.444. The van der Waals surface area contributed by atoms with E-state index in [-0.39, 0.29) is 11.8 Å². The van der Waals surface area contributed by atoms with Crippen LogP contribution in [0.4, 0.5) is 30.4 Å². The number of nitrogens with zero attached hydrogens (tertiary/aromatic N) is 3. The number of hydrogen-bond donors (Lipinski definition) is 2. The van der Waals surface area contributed by atoms with Crippen molar-refractivity contribution in [3.05, 3.63) is 52.3 Å². The average molecular weight is 516 g/mol. The highest BCUT2D eigenvalue weighted by molar-refractivity contribution is 5.96. The van der Waals surface area contributed by atoms with Crippen LogP contribution in [-0.4, -0.2) is 49.5 Å². The van der Waals surface area contributed by atoms with E-state index >= 15 is 0 Å². The molecule has 7 nitrogen and oxygen atoms in total. The number of nitrogens with one attached hydrogen (secondary N) is 1. The summed E-state index contributed by atoms with van der Waals surface area (Å²) in [5.74, 6) is 1.21. The predicted molar refractivity (Wildman–Crippen MR) is 138 cm³/mol. The Kier molecular flexibility index (Phi) is 6.89. The summed E-state index contributed by atoms with van der Waals surface area (Å²) in [5, 5.41) is 4.22. The van der Waals surface area contributed by atoms with E-state index in [9.17, 15) is 13.2 Å². The van der Waals surface area contributed by atoms with E-state index in [0.29, 0.717) is 30.4 Å². The fourth-order valence-electron chi connectivity index (χ4n) is 5.46. The molecule has 0 saturated carbocycles. The molecule has 1 fully saturated rings. The van der Waals surface area contributed by atoms with Crippen LogP contribution in [0.3, 0.4) is 0 Å². The lowest BCUT2D eigenvalue weighted by molar-refractivity contribution is -0.137. The SMILES string of the molecule is COC[C@@H]1CN(c2cc3c(NC(C)c4cc(N)cc(C(F)(F)F)c4)nc(C)nc3c3c2CCC3)CCO1. The Bertz CT molecular complexity index is 1310. The number of methoxy groups -OCH3 is 1. The lowest BCUT2D eigenvalue weighted by Crippen LogP contribution is -2.44. The maximum atomic E-state index is 13.4. The monoisotopic (exact) mass is 515 g/mol. The summed E-state index contributed by atoms with van der Waals surface area (Å²) < 4.78 is 51.4. The Morgan fingerprint density at radius 1 is 1.19 bits per heavy atom. The van der Waals surface area contributed by atoms with Crippen LogP contribution in [0.25, 0.3) is 10.9 Å². The molecule has 2 heterocycles. The molecule has 2 aliphatic rings. The average Bonchev–Trinajstić information content (AvgIpc) is 3.33. The first-order chi connectivity index (χ1) is 17.6. The molecule has 2 atom stereocenters. The van der Waals surface area contributed by atoms with E-state index < -0.39 is 17.8 Å². The second-order valence-electron chi connectivity index (χ2n) is 9.87. The third kappa shape index (κ3) is 5.17. The lowest BCUT2D eigenvalue weighted by atomic mass is 10.0. The largest absolute Gasteiger partial charge is 0.416 e. The van der Waals surface area contributed by atoms with Gasteiger partial charge in [-0.15, -0.1) is 0 Å². The molecular weight excluding hydrogens is 483 g/mol. The Hall–Kier alpha value is -3.11. The number of alkyl halides is 3. The van der Waals surface area contributed by atoms with Crippen LogP contribution in [0, 0.1) is 6.92 Å². The van der Waals surface area contributed by atoms with Gasteiger partial charge in [0, 0.05) is 37.0 Å². The van der Waals surface area contributed by atoms with Crippen LogP contribution >= 0.6 is 0 Å². The first kappa shape index (κ1) is 25.5. The molecule has 0 amide bonds. The van der Waals surface area contributed by atoms with Crippen molar-refractivity contribution in [1.82, 2.24) is 9.97 Å². The van der Waals surface area contributed by atoms with Crippen LogP contribution in [0.5, 0.6) is 0 Å². The third-order valence-electron chi connectivity index (χ3n) is 7.14. The number of hydrogen-bond acceptors (Lipinski definition) is 7. The van der Waals surface area contributed by atoms with Crippen LogP contribution in [0.2, 0.25) is 0 Å². The van der Waals surface area contributed by atoms with Gasteiger partial charge in [0.05, 0.1) is 36.4 Å². The first-order valence-corrected chi connectivity index (χ1v) is 12.6. The van der Waals surface area contributed by atoms with Gasteiger partial charge in [-0.2, -0.15) is 13.2 Å². The van der Waals surface area contributed by atoms with E-state index in [2.05, 4.69) is 21.3 Å². The zero-order chi connectivity index (χ0) is 26.3. The summed E-state index contributed by atoms with van der Waals surface area (Å²) in [6, 6.07) is 5.32. The molecule has 10 heteroatoms. The summed E-state index contributed by atoms with van der Waals surface area (Å²) in [7, 11) is 1.67. The minimum Gasteiger partial charge on any atom is -0.399 e. The fraction of sp³-hybridized carbons (Fsp3) is 0.481. The van der Waals surface area contributed by atoms with Crippen LogP contribution in [0.15, 0.2) is 24.3 Å². The summed E-state index contributed by atoms with van der Waals surface area (Å²) in [5.41, 5.74) is 10.2. The van der Waals surface area contributed by atoms with Gasteiger partial charge in [0.15, 0.2) is 0 Å². The maximum Gasteiger partial charge on any atom is 0.416 e. The molecule has 2 aromatic carbocycles. The Balaban J connectivity index is 1.56. The zero-order valence-corrected chi connectivity index (χ0v) is 21.3. The number of benzene rings is 2. The topological polar surface area (TPSA) is 85.5 Å². The Morgan fingerprint density at radius 2 is 1.97 bits per heavy atom. The van der Waals surface area contributed by atoms with Gasteiger partial charge in [-0.05, 0) is 74.1 Å². The van der Waals surface area contributed by atoms with Gasteiger partial charge >= 0.3 is 6.18 Å². The summed E-state index contributed by atoms with van der Waals surface area (Å²) in [4.78, 5) is 11.8. The molecule has 1 aromatic heterocycles. The van der Waals surface area contributed by atoms with Crippen molar-refractivity contribution in [3.63, 3.8) is 0 Å². The van der Waals surface area contributed by atoms with Gasteiger partial charge in [-0.25, -0.2) is 9.97 Å². The predicted octanol–water partition coefficient (Wildman–Crippen LogP) is 5.05. The molecule has 198 valence electrons. The molecule has 1 aliphatic heterocycles. The number of ether oxygens (including phenoxy) is 2. The molecule has 3 aromatic rings. The van der Waals surface area contributed by atoms with E-state index in [1.54, 1.807) is 13.2 Å². The number of aryl methyl sites for hydroxylation is 2. The number of anilines is 3.